The third-order valence-electron chi connectivity index (χ3n) is 4.40. The maximum absolute atomic E-state index is 12.1. The van der Waals surface area contributed by atoms with E-state index in [4.69, 9.17) is 15.9 Å². The number of nitrogens with one attached hydrogen (secondary N) is 3. The highest BCUT2D eigenvalue weighted by molar-refractivity contribution is 5.86. The van der Waals surface area contributed by atoms with Crippen molar-refractivity contribution in [3.8, 4) is 0 Å². The molecule has 0 aromatic rings. The molecule has 0 saturated carbocycles. The van der Waals surface area contributed by atoms with Gasteiger partial charge in [-0.25, -0.2) is 4.79 Å². The zero-order valence-electron chi connectivity index (χ0n) is 18.1. The van der Waals surface area contributed by atoms with Crippen molar-refractivity contribution in [3.05, 3.63) is 0 Å². The Morgan fingerprint density at radius 2 is 1.48 bits per heavy atom. The number of nitrogens with two attached hydrogens (primary N) is 1. The number of carbonyl (C=O) groups excluding carboxylic acids is 2. The largest absolute Gasteiger partial charge is 0.464 e. The normalized spacial score (nSPS) is 10.8. The van der Waals surface area contributed by atoms with Crippen LogP contribution in [0, 0.1) is 5.41 Å². The van der Waals surface area contributed by atoms with Gasteiger partial charge in [0.05, 0.1) is 6.61 Å². The molecule has 0 spiro atoms. The molecule has 0 aliphatic carbocycles. The highest BCUT2D eigenvalue weighted by atomic mass is 35.5. The van der Waals surface area contributed by atoms with Crippen molar-refractivity contribution in [2.24, 2.45) is 5.73 Å². The molecule has 174 valence electrons. The minimum Gasteiger partial charge on any atom is -0.464 e. The van der Waals surface area contributed by atoms with E-state index in [2.05, 4.69) is 17.6 Å². The second-order valence-corrected chi connectivity index (χ2v) is 6.93. The summed E-state index contributed by atoms with van der Waals surface area (Å²) in [5, 5.41) is 12.6. The molecule has 9 heteroatoms. The number of hydrogen-bond donors (Lipinski definition) is 4. The molecular weight excluding hydrogens is 415 g/mol. The average Bonchev–Trinajstić information content (AvgIpc) is 2.62. The number of carbonyl (C=O) groups is 2. The fourth-order valence-corrected chi connectivity index (χ4v) is 2.88. The Hall–Kier alpha value is -1.21. The van der Waals surface area contributed by atoms with Crippen LogP contribution >= 0.6 is 24.8 Å². The molecule has 0 radical (unpaired) electrons. The van der Waals surface area contributed by atoms with Gasteiger partial charge in [-0.05, 0) is 26.2 Å². The molecule has 5 N–H and O–H groups in total. The summed E-state index contributed by atoms with van der Waals surface area (Å²) in [7, 11) is 0. The van der Waals surface area contributed by atoms with Crippen LogP contribution in [0.4, 0.5) is 0 Å². The van der Waals surface area contributed by atoms with Gasteiger partial charge in [0, 0.05) is 13.0 Å². The topological polar surface area (TPSA) is 117 Å². The number of esters is 1. The van der Waals surface area contributed by atoms with E-state index in [0.717, 1.165) is 19.3 Å². The summed E-state index contributed by atoms with van der Waals surface area (Å²) < 4.78 is 5.04. The Labute approximate surface area is 189 Å². The monoisotopic (exact) mass is 456 g/mol. The number of hydrogen-bond acceptors (Lipinski definition) is 4. The van der Waals surface area contributed by atoms with Crippen molar-refractivity contribution in [2.75, 3.05) is 13.2 Å². The third kappa shape index (κ3) is 21.3. The second-order valence-electron chi connectivity index (χ2n) is 6.93. The molecule has 0 aliphatic heterocycles. The maximum atomic E-state index is 12.1. The summed E-state index contributed by atoms with van der Waals surface area (Å²) in [5.41, 5.74) is 5.23. The lowest BCUT2D eigenvalue weighted by molar-refractivity contribution is -0.147. The molecule has 0 heterocycles. The van der Waals surface area contributed by atoms with E-state index in [1.54, 1.807) is 6.92 Å². The molecule has 0 aromatic carbocycles. The second kappa shape index (κ2) is 23.1. The first-order valence-electron chi connectivity index (χ1n) is 10.5. The Morgan fingerprint density at radius 3 is 2.00 bits per heavy atom. The van der Waals surface area contributed by atoms with Crippen LogP contribution in [0.3, 0.4) is 0 Å². The number of halogens is 2. The number of ether oxygens (including phenoxy) is 1. The van der Waals surface area contributed by atoms with Crippen LogP contribution in [0.2, 0.25) is 0 Å². The SMILES string of the molecule is CCCCCCCCCCCC(=O)N[C@@H](CCCNC(=N)N)C(=O)OCC.Cl.Cl. The van der Waals surface area contributed by atoms with Crippen molar-refractivity contribution >= 4 is 42.7 Å². The molecule has 0 aromatic heterocycles. The Bertz CT molecular complexity index is 427. The average molecular weight is 457 g/mol. The van der Waals surface area contributed by atoms with Gasteiger partial charge in [-0.3, -0.25) is 10.2 Å². The molecule has 1 atom stereocenters. The summed E-state index contributed by atoms with van der Waals surface area (Å²) in [4.78, 5) is 24.1. The summed E-state index contributed by atoms with van der Waals surface area (Å²) in [6.07, 6.45) is 12.3. The lowest BCUT2D eigenvalue weighted by atomic mass is 10.1. The summed E-state index contributed by atoms with van der Waals surface area (Å²) in [6.45, 7) is 4.74. The zero-order chi connectivity index (χ0) is 20.3. The van der Waals surface area contributed by atoms with E-state index in [1.165, 1.54) is 38.5 Å². The first kappa shape index (κ1) is 32.5. The summed E-state index contributed by atoms with van der Waals surface area (Å²) in [5.74, 6) is -0.603. The summed E-state index contributed by atoms with van der Waals surface area (Å²) >= 11 is 0. The predicted octanol–water partition coefficient (Wildman–Crippen LogP) is 4.06. The van der Waals surface area contributed by atoms with Crippen LogP contribution in [-0.4, -0.2) is 37.0 Å². The van der Waals surface area contributed by atoms with Gasteiger partial charge in [0.25, 0.3) is 0 Å². The van der Waals surface area contributed by atoms with Crippen LogP contribution in [0.15, 0.2) is 0 Å². The number of amides is 1. The maximum Gasteiger partial charge on any atom is 0.328 e. The molecule has 0 aliphatic rings. The van der Waals surface area contributed by atoms with Gasteiger partial charge in [-0.2, -0.15) is 0 Å². The first-order chi connectivity index (χ1) is 13.0. The van der Waals surface area contributed by atoms with Gasteiger partial charge in [-0.15, -0.1) is 24.8 Å². The van der Waals surface area contributed by atoms with Gasteiger partial charge in [0.2, 0.25) is 5.91 Å². The summed E-state index contributed by atoms with van der Waals surface area (Å²) in [6, 6.07) is -0.634. The molecule has 0 unspecified atom stereocenters. The lowest BCUT2D eigenvalue weighted by Crippen LogP contribution is -2.42. The van der Waals surface area contributed by atoms with Crippen LogP contribution in [0.5, 0.6) is 0 Å². The van der Waals surface area contributed by atoms with Gasteiger partial charge >= 0.3 is 5.97 Å². The molecule has 29 heavy (non-hydrogen) atoms. The fraction of sp³-hybridized carbons (Fsp3) is 0.850. The highest BCUT2D eigenvalue weighted by Crippen LogP contribution is 2.10. The predicted molar refractivity (Wildman–Crippen MR) is 124 cm³/mol. The molecule has 0 fully saturated rings. The first-order valence-corrected chi connectivity index (χ1v) is 10.5. The van der Waals surface area contributed by atoms with E-state index in [1.807, 2.05) is 0 Å². The standard InChI is InChI=1S/C20H40N4O3.2ClH/c1-3-5-6-7-8-9-10-11-12-15-18(25)24-17(19(26)27-4-2)14-13-16-23-20(21)22;;/h17H,3-16H2,1-2H3,(H,24,25)(H4,21,22,23);2*1H/t17-;;/m0../s1. The molecule has 1 amide bonds. The van der Waals surface area contributed by atoms with Crippen molar-refractivity contribution < 1.29 is 14.3 Å². The quantitative estimate of drug-likeness (QED) is 0.114. The highest BCUT2D eigenvalue weighted by Gasteiger charge is 2.21. The van der Waals surface area contributed by atoms with E-state index in [9.17, 15) is 9.59 Å². The minimum atomic E-state index is -0.634. The van der Waals surface area contributed by atoms with Crippen LogP contribution in [0.1, 0.15) is 90.9 Å². The van der Waals surface area contributed by atoms with Crippen LogP contribution < -0.4 is 16.4 Å². The van der Waals surface area contributed by atoms with Crippen molar-refractivity contribution in [1.29, 1.82) is 5.41 Å². The van der Waals surface area contributed by atoms with Crippen molar-refractivity contribution in [2.45, 2.75) is 96.9 Å². The smallest absolute Gasteiger partial charge is 0.328 e. The zero-order valence-corrected chi connectivity index (χ0v) is 19.7. The van der Waals surface area contributed by atoms with E-state index in [0.29, 0.717) is 25.8 Å². The van der Waals surface area contributed by atoms with Gasteiger partial charge in [0.15, 0.2) is 5.96 Å². The van der Waals surface area contributed by atoms with E-state index in [-0.39, 0.29) is 43.3 Å². The molecule has 7 nitrogen and oxygen atoms in total. The number of rotatable bonds is 17. The Morgan fingerprint density at radius 1 is 0.931 bits per heavy atom. The Kier molecular flexibility index (Phi) is 25.8. The molecule has 0 saturated heterocycles. The molecular formula is C20H42Cl2N4O3. The van der Waals surface area contributed by atoms with Crippen molar-refractivity contribution in [1.82, 2.24) is 10.6 Å². The lowest BCUT2D eigenvalue weighted by Gasteiger charge is -2.17. The minimum absolute atomic E-state index is 0. The van der Waals surface area contributed by atoms with Crippen LogP contribution in [0.25, 0.3) is 0 Å². The molecule has 0 rings (SSSR count). The van der Waals surface area contributed by atoms with E-state index >= 15 is 0 Å². The van der Waals surface area contributed by atoms with Gasteiger partial charge in [-0.1, -0.05) is 58.3 Å². The number of unbranched alkanes of at least 4 members (excludes halogenated alkanes) is 8. The number of guanidine groups is 1. The molecule has 0 bridgehead atoms. The Balaban J connectivity index is -0.00000338. The van der Waals surface area contributed by atoms with Crippen molar-refractivity contribution in [3.63, 3.8) is 0 Å². The fourth-order valence-electron chi connectivity index (χ4n) is 2.88. The van der Waals surface area contributed by atoms with Crippen LogP contribution in [-0.2, 0) is 14.3 Å². The van der Waals surface area contributed by atoms with Gasteiger partial charge < -0.3 is 21.1 Å². The third-order valence-corrected chi connectivity index (χ3v) is 4.40. The van der Waals surface area contributed by atoms with Gasteiger partial charge in [0.1, 0.15) is 6.04 Å². The van der Waals surface area contributed by atoms with E-state index < -0.39 is 12.0 Å².